The summed E-state index contributed by atoms with van der Waals surface area (Å²) < 4.78 is 22.4. The minimum Gasteiger partial charge on any atom is -0.369 e. The molecule has 1 aromatic rings. The van der Waals surface area contributed by atoms with Gasteiger partial charge in [-0.25, -0.2) is 0 Å². The van der Waals surface area contributed by atoms with Crippen molar-refractivity contribution in [3.05, 3.63) is 33.7 Å². The fourth-order valence-electron chi connectivity index (χ4n) is 0.639. The minimum absolute atomic E-state index is 0.0782. The van der Waals surface area contributed by atoms with E-state index in [1.807, 2.05) is 0 Å². The molecule has 0 radical (unpaired) electrons. The lowest BCUT2D eigenvalue weighted by Crippen LogP contribution is -2.21. The van der Waals surface area contributed by atoms with Crippen molar-refractivity contribution in [3.8, 4) is 0 Å². The Bertz CT molecular complexity index is 483. The SMILES string of the molecule is [2H]c1c([2H])c(Cl)c(/C=N/N=C(N)N)c(Cl)c1[2H]. The van der Waals surface area contributed by atoms with Crippen LogP contribution in [0.3, 0.4) is 0 Å². The number of hydrogen-bond acceptors (Lipinski definition) is 2. The van der Waals surface area contributed by atoms with Crippen LogP contribution >= 0.6 is 23.2 Å². The fraction of sp³-hybridized carbons (Fsp3) is 0. The Morgan fingerprint density at radius 3 is 2.43 bits per heavy atom. The van der Waals surface area contributed by atoms with Crippen LogP contribution in [0.1, 0.15) is 9.68 Å². The molecule has 0 saturated heterocycles. The summed E-state index contributed by atoms with van der Waals surface area (Å²) in [6, 6.07) is -0.946. The number of rotatable bonds is 2. The number of nitrogens with two attached hydrogens (primary N) is 2. The van der Waals surface area contributed by atoms with Crippen LogP contribution in [0, 0.1) is 0 Å². The monoisotopic (exact) mass is 233 g/mol. The van der Waals surface area contributed by atoms with Crippen LogP contribution in [-0.2, 0) is 0 Å². The van der Waals surface area contributed by atoms with Crippen molar-refractivity contribution >= 4 is 35.4 Å². The van der Waals surface area contributed by atoms with Crippen LogP contribution in [0.5, 0.6) is 0 Å². The first-order valence-corrected chi connectivity index (χ1v) is 4.18. The highest BCUT2D eigenvalue weighted by molar-refractivity contribution is 6.38. The Kier molecular flexibility index (Phi) is 2.45. The van der Waals surface area contributed by atoms with Gasteiger partial charge in [0.25, 0.3) is 0 Å². The first-order chi connectivity index (χ1) is 7.86. The highest BCUT2D eigenvalue weighted by atomic mass is 35.5. The van der Waals surface area contributed by atoms with Gasteiger partial charge < -0.3 is 11.5 Å². The van der Waals surface area contributed by atoms with Gasteiger partial charge in [-0.3, -0.25) is 0 Å². The van der Waals surface area contributed by atoms with Crippen molar-refractivity contribution in [2.75, 3.05) is 0 Å². The molecule has 0 aliphatic carbocycles. The predicted octanol–water partition coefficient (Wildman–Crippen LogP) is 1.60. The van der Waals surface area contributed by atoms with Gasteiger partial charge in [0.1, 0.15) is 0 Å². The lowest BCUT2D eigenvalue weighted by Gasteiger charge is -1.98. The number of guanidine groups is 1. The van der Waals surface area contributed by atoms with Gasteiger partial charge in [0.15, 0.2) is 0 Å². The van der Waals surface area contributed by atoms with Gasteiger partial charge in [0, 0.05) is 5.56 Å². The van der Waals surface area contributed by atoms with Gasteiger partial charge in [-0.1, -0.05) is 29.2 Å². The normalized spacial score (nSPS) is 13.4. The molecule has 0 aromatic heterocycles. The van der Waals surface area contributed by atoms with E-state index in [-0.39, 0.29) is 39.7 Å². The second-order valence-corrected chi connectivity index (χ2v) is 2.94. The quantitative estimate of drug-likeness (QED) is 0.463. The molecule has 0 spiro atoms. The zero-order valence-corrected chi connectivity index (χ0v) is 8.39. The van der Waals surface area contributed by atoms with Crippen molar-refractivity contribution in [1.82, 2.24) is 0 Å². The van der Waals surface area contributed by atoms with E-state index in [1.165, 1.54) is 0 Å². The van der Waals surface area contributed by atoms with Crippen LogP contribution in [0.15, 0.2) is 28.3 Å². The second kappa shape index (κ2) is 4.83. The van der Waals surface area contributed by atoms with Gasteiger partial charge in [0.05, 0.1) is 20.4 Å². The van der Waals surface area contributed by atoms with Crippen LogP contribution < -0.4 is 11.5 Å². The summed E-state index contributed by atoms with van der Waals surface area (Å²) in [5, 5.41) is 6.67. The largest absolute Gasteiger partial charge is 0.369 e. The van der Waals surface area contributed by atoms with Gasteiger partial charge in [-0.05, 0) is 12.1 Å². The molecule has 0 aliphatic rings. The maximum Gasteiger partial charge on any atom is 0.211 e. The number of nitrogens with zero attached hydrogens (tertiary/aromatic N) is 2. The third-order valence-electron chi connectivity index (χ3n) is 1.18. The molecule has 14 heavy (non-hydrogen) atoms. The molecule has 1 rings (SSSR count). The van der Waals surface area contributed by atoms with Crippen molar-refractivity contribution in [2.24, 2.45) is 21.7 Å². The van der Waals surface area contributed by atoms with Crippen molar-refractivity contribution in [2.45, 2.75) is 0 Å². The molecule has 0 bridgehead atoms. The van der Waals surface area contributed by atoms with Crippen LogP contribution in [0.25, 0.3) is 0 Å². The molecule has 0 fully saturated rings. The van der Waals surface area contributed by atoms with E-state index in [2.05, 4.69) is 10.2 Å². The van der Waals surface area contributed by atoms with Crippen LogP contribution in [-0.4, -0.2) is 12.2 Å². The molecule has 0 amide bonds. The van der Waals surface area contributed by atoms with Crippen molar-refractivity contribution in [1.29, 1.82) is 0 Å². The smallest absolute Gasteiger partial charge is 0.211 e. The van der Waals surface area contributed by atoms with E-state index in [1.54, 1.807) is 0 Å². The maximum atomic E-state index is 7.50. The van der Waals surface area contributed by atoms with E-state index in [0.717, 1.165) is 6.21 Å². The lowest BCUT2D eigenvalue weighted by molar-refractivity contribution is 1.21. The number of hydrogen-bond donors (Lipinski definition) is 2. The molecule has 0 heterocycles. The van der Waals surface area contributed by atoms with Gasteiger partial charge in [0.2, 0.25) is 5.96 Å². The topological polar surface area (TPSA) is 76.8 Å². The zero-order valence-electron chi connectivity index (χ0n) is 9.88. The maximum absolute atomic E-state index is 7.50. The summed E-state index contributed by atoms with van der Waals surface area (Å²) in [6.07, 6.45) is 1.12. The molecule has 4 nitrogen and oxygen atoms in total. The van der Waals surface area contributed by atoms with Crippen LogP contribution in [0.2, 0.25) is 10.0 Å². The van der Waals surface area contributed by atoms with E-state index in [9.17, 15) is 0 Å². The molecular formula is C8H8Cl2N4. The predicted molar refractivity (Wildman–Crippen MR) is 59.9 cm³/mol. The van der Waals surface area contributed by atoms with E-state index in [0.29, 0.717) is 0 Å². The fourth-order valence-corrected chi connectivity index (χ4v) is 1.07. The first-order valence-electron chi connectivity index (χ1n) is 4.93. The average molecular weight is 234 g/mol. The molecule has 1 aromatic carbocycles. The Labute approximate surface area is 95.4 Å². The molecule has 4 N–H and O–H groups in total. The third-order valence-corrected chi connectivity index (χ3v) is 1.77. The van der Waals surface area contributed by atoms with Gasteiger partial charge in [-0.2, -0.15) is 5.10 Å². The average Bonchev–Trinajstić information content (AvgIpc) is 2.28. The highest BCUT2D eigenvalue weighted by Gasteiger charge is 2.01. The first kappa shape index (κ1) is 7.09. The van der Waals surface area contributed by atoms with E-state index < -0.39 is 0 Å². The van der Waals surface area contributed by atoms with Crippen molar-refractivity contribution in [3.63, 3.8) is 0 Å². The summed E-state index contributed by atoms with van der Waals surface area (Å²) >= 11 is 11.6. The van der Waals surface area contributed by atoms with Crippen LogP contribution in [0.4, 0.5) is 0 Å². The van der Waals surface area contributed by atoms with Crippen molar-refractivity contribution < 1.29 is 4.11 Å². The summed E-state index contributed by atoms with van der Waals surface area (Å²) in [5.41, 5.74) is 10.3. The Hall–Kier alpha value is -1.26. The highest BCUT2D eigenvalue weighted by Crippen LogP contribution is 2.22. The molecule has 0 unspecified atom stereocenters. The van der Waals surface area contributed by atoms with Gasteiger partial charge >= 0.3 is 0 Å². The molecule has 74 valence electrons. The molecule has 6 heteroatoms. The summed E-state index contributed by atoms with van der Waals surface area (Å²) in [5.74, 6) is -0.247. The lowest BCUT2D eigenvalue weighted by atomic mass is 10.2. The standard InChI is InChI=1S/C8H8Cl2N4/c9-6-2-1-3-7(10)5(6)4-13-14-8(11)12/h1-4H,(H4,11,12,14)/b13-4+/i1D,2D,3D. The second-order valence-electron chi connectivity index (χ2n) is 2.19. The number of halogens is 2. The summed E-state index contributed by atoms with van der Waals surface area (Å²) in [6.45, 7) is 0. The summed E-state index contributed by atoms with van der Waals surface area (Å²) in [4.78, 5) is 0. The minimum atomic E-state index is -0.348. The molecule has 0 atom stereocenters. The number of benzene rings is 1. The molecule has 0 aliphatic heterocycles. The molecule has 0 saturated carbocycles. The Balaban J connectivity index is 3.35. The Morgan fingerprint density at radius 1 is 1.36 bits per heavy atom. The zero-order chi connectivity index (χ0) is 13.2. The molecular weight excluding hydrogens is 223 g/mol. The third kappa shape index (κ3) is 2.90. The van der Waals surface area contributed by atoms with Gasteiger partial charge in [-0.15, -0.1) is 5.10 Å². The Morgan fingerprint density at radius 2 is 1.93 bits per heavy atom. The van der Waals surface area contributed by atoms with E-state index >= 15 is 0 Å². The summed E-state index contributed by atoms with van der Waals surface area (Å²) in [7, 11) is 0. The van der Waals surface area contributed by atoms with E-state index in [4.69, 9.17) is 38.8 Å².